The molecule has 1 aromatic carbocycles. The van der Waals surface area contributed by atoms with Crippen molar-refractivity contribution in [1.29, 1.82) is 0 Å². The zero-order chi connectivity index (χ0) is 8.97. The molecule has 0 fully saturated rings. The summed E-state index contributed by atoms with van der Waals surface area (Å²) in [5.74, 6) is 0.180. The van der Waals surface area contributed by atoms with Crippen molar-refractivity contribution in [1.82, 2.24) is 0 Å². The molecular weight excluding hydrogens is 222 g/mol. The van der Waals surface area contributed by atoms with Gasteiger partial charge in [-0.05, 0) is 18.2 Å². The van der Waals surface area contributed by atoms with Crippen LogP contribution in [0.2, 0.25) is 0 Å². The SMILES string of the molecule is CON=Cc1cc(Br)ccc1O. The standard InChI is InChI=1S/C8H8BrNO2/c1-12-10-5-6-4-7(9)2-3-8(6)11/h2-5,11H,1H3. The van der Waals surface area contributed by atoms with Gasteiger partial charge in [-0.3, -0.25) is 0 Å². The number of phenolic OH excluding ortho intramolecular Hbond substituents is 1. The fourth-order valence-corrected chi connectivity index (χ4v) is 1.12. The van der Waals surface area contributed by atoms with Gasteiger partial charge in [0.2, 0.25) is 0 Å². The van der Waals surface area contributed by atoms with Gasteiger partial charge in [-0.25, -0.2) is 0 Å². The first kappa shape index (κ1) is 9.06. The van der Waals surface area contributed by atoms with Gasteiger partial charge in [0.15, 0.2) is 0 Å². The van der Waals surface area contributed by atoms with Crippen LogP contribution in [0.1, 0.15) is 5.56 Å². The van der Waals surface area contributed by atoms with Crippen molar-refractivity contribution in [3.63, 3.8) is 0 Å². The van der Waals surface area contributed by atoms with Crippen LogP contribution in [0, 0.1) is 0 Å². The maximum atomic E-state index is 9.29. The van der Waals surface area contributed by atoms with E-state index in [1.54, 1.807) is 18.2 Å². The van der Waals surface area contributed by atoms with E-state index < -0.39 is 0 Å². The molecule has 0 atom stereocenters. The van der Waals surface area contributed by atoms with Gasteiger partial charge in [0, 0.05) is 10.0 Å². The second-order valence-electron chi connectivity index (χ2n) is 2.12. The van der Waals surface area contributed by atoms with E-state index in [9.17, 15) is 5.11 Å². The molecule has 0 radical (unpaired) electrons. The molecule has 12 heavy (non-hydrogen) atoms. The van der Waals surface area contributed by atoms with Gasteiger partial charge in [-0.15, -0.1) is 0 Å². The maximum absolute atomic E-state index is 9.29. The topological polar surface area (TPSA) is 41.8 Å². The van der Waals surface area contributed by atoms with Crippen molar-refractivity contribution in [2.75, 3.05) is 7.11 Å². The molecule has 0 aliphatic carbocycles. The number of hydrogen-bond donors (Lipinski definition) is 1. The summed E-state index contributed by atoms with van der Waals surface area (Å²) in [5, 5.41) is 12.8. The van der Waals surface area contributed by atoms with Crippen LogP contribution in [0.25, 0.3) is 0 Å². The summed E-state index contributed by atoms with van der Waals surface area (Å²) in [6, 6.07) is 5.08. The lowest BCUT2D eigenvalue weighted by Gasteiger charge is -1.97. The Balaban J connectivity index is 2.97. The van der Waals surface area contributed by atoms with Gasteiger partial charge in [0.1, 0.15) is 12.9 Å². The highest BCUT2D eigenvalue weighted by molar-refractivity contribution is 9.10. The summed E-state index contributed by atoms with van der Waals surface area (Å²) in [5.41, 5.74) is 0.617. The Morgan fingerprint density at radius 1 is 1.58 bits per heavy atom. The van der Waals surface area contributed by atoms with Crippen LogP contribution in [0.3, 0.4) is 0 Å². The fourth-order valence-electron chi connectivity index (χ4n) is 0.738. The molecule has 0 saturated carbocycles. The lowest BCUT2D eigenvalue weighted by Crippen LogP contribution is -1.83. The predicted molar refractivity (Wildman–Crippen MR) is 50.4 cm³/mol. The van der Waals surface area contributed by atoms with Crippen molar-refractivity contribution >= 4 is 22.1 Å². The molecule has 0 bridgehead atoms. The van der Waals surface area contributed by atoms with E-state index in [0.29, 0.717) is 5.56 Å². The Hall–Kier alpha value is -1.03. The molecule has 1 rings (SSSR count). The van der Waals surface area contributed by atoms with Gasteiger partial charge >= 0.3 is 0 Å². The maximum Gasteiger partial charge on any atom is 0.124 e. The second-order valence-corrected chi connectivity index (χ2v) is 3.04. The number of hydrogen-bond acceptors (Lipinski definition) is 3. The van der Waals surface area contributed by atoms with Crippen LogP contribution in [-0.4, -0.2) is 18.4 Å². The molecule has 64 valence electrons. The number of halogens is 1. The average molecular weight is 230 g/mol. The Labute approximate surface area is 78.8 Å². The van der Waals surface area contributed by atoms with E-state index in [-0.39, 0.29) is 5.75 Å². The van der Waals surface area contributed by atoms with Gasteiger partial charge < -0.3 is 9.94 Å². The normalized spacial score (nSPS) is 10.5. The molecule has 0 unspecified atom stereocenters. The Bertz CT molecular complexity index is 299. The highest BCUT2D eigenvalue weighted by atomic mass is 79.9. The second kappa shape index (κ2) is 4.11. The molecule has 1 N–H and O–H groups in total. The summed E-state index contributed by atoms with van der Waals surface area (Å²) in [4.78, 5) is 4.48. The number of nitrogens with zero attached hydrogens (tertiary/aromatic N) is 1. The van der Waals surface area contributed by atoms with Gasteiger partial charge in [-0.2, -0.15) is 0 Å². The van der Waals surface area contributed by atoms with Crippen LogP contribution >= 0.6 is 15.9 Å². The van der Waals surface area contributed by atoms with Crippen molar-refractivity contribution in [3.05, 3.63) is 28.2 Å². The molecule has 0 spiro atoms. The first-order chi connectivity index (χ1) is 5.74. The van der Waals surface area contributed by atoms with E-state index in [1.807, 2.05) is 0 Å². The molecular formula is C8H8BrNO2. The van der Waals surface area contributed by atoms with E-state index in [4.69, 9.17) is 0 Å². The Kier molecular flexibility index (Phi) is 3.10. The van der Waals surface area contributed by atoms with E-state index >= 15 is 0 Å². The molecule has 4 heteroatoms. The van der Waals surface area contributed by atoms with E-state index in [0.717, 1.165) is 4.47 Å². The molecule has 0 amide bonds. The van der Waals surface area contributed by atoms with Crippen LogP contribution in [0.4, 0.5) is 0 Å². The zero-order valence-electron chi connectivity index (χ0n) is 6.49. The summed E-state index contributed by atoms with van der Waals surface area (Å²) >= 11 is 3.27. The third-order valence-corrected chi connectivity index (χ3v) is 1.78. The number of phenols is 1. The number of aromatic hydroxyl groups is 1. The summed E-state index contributed by atoms with van der Waals surface area (Å²) in [6.45, 7) is 0. The fraction of sp³-hybridized carbons (Fsp3) is 0.125. The largest absolute Gasteiger partial charge is 0.507 e. The van der Waals surface area contributed by atoms with Crippen LogP contribution in [-0.2, 0) is 4.84 Å². The van der Waals surface area contributed by atoms with Crippen molar-refractivity contribution < 1.29 is 9.94 Å². The average Bonchev–Trinajstić information content (AvgIpc) is 2.07. The van der Waals surface area contributed by atoms with Crippen LogP contribution in [0.15, 0.2) is 27.8 Å². The molecule has 1 aromatic rings. The molecule has 3 nitrogen and oxygen atoms in total. The number of rotatable bonds is 2. The Morgan fingerprint density at radius 2 is 2.33 bits per heavy atom. The molecule has 0 saturated heterocycles. The van der Waals surface area contributed by atoms with Crippen LogP contribution in [0.5, 0.6) is 5.75 Å². The molecule has 0 aromatic heterocycles. The monoisotopic (exact) mass is 229 g/mol. The molecule has 0 aliphatic rings. The highest BCUT2D eigenvalue weighted by Crippen LogP contribution is 2.19. The summed E-state index contributed by atoms with van der Waals surface area (Å²) in [7, 11) is 1.45. The van der Waals surface area contributed by atoms with E-state index in [2.05, 4.69) is 25.9 Å². The predicted octanol–water partition coefficient (Wildman–Crippen LogP) is 2.14. The summed E-state index contributed by atoms with van der Waals surface area (Å²) < 4.78 is 0.887. The third-order valence-electron chi connectivity index (χ3n) is 1.29. The van der Waals surface area contributed by atoms with Crippen molar-refractivity contribution in [2.45, 2.75) is 0 Å². The molecule has 0 aliphatic heterocycles. The lowest BCUT2D eigenvalue weighted by atomic mass is 10.2. The Morgan fingerprint density at radius 3 is 3.00 bits per heavy atom. The zero-order valence-corrected chi connectivity index (χ0v) is 8.08. The van der Waals surface area contributed by atoms with Gasteiger partial charge in [-0.1, -0.05) is 21.1 Å². The summed E-state index contributed by atoms with van der Waals surface area (Å²) in [6.07, 6.45) is 1.44. The van der Waals surface area contributed by atoms with Crippen LogP contribution < -0.4 is 0 Å². The lowest BCUT2D eigenvalue weighted by molar-refractivity contribution is 0.215. The minimum Gasteiger partial charge on any atom is -0.507 e. The van der Waals surface area contributed by atoms with Crippen molar-refractivity contribution in [2.24, 2.45) is 5.16 Å². The molecule has 0 heterocycles. The quantitative estimate of drug-likeness (QED) is 0.624. The minimum absolute atomic E-state index is 0.180. The first-order valence-electron chi connectivity index (χ1n) is 3.29. The van der Waals surface area contributed by atoms with Gasteiger partial charge in [0.05, 0.1) is 6.21 Å². The highest BCUT2D eigenvalue weighted by Gasteiger charge is 1.97. The van der Waals surface area contributed by atoms with Gasteiger partial charge in [0.25, 0.3) is 0 Å². The number of oxime groups is 1. The number of benzene rings is 1. The third kappa shape index (κ3) is 2.23. The first-order valence-corrected chi connectivity index (χ1v) is 4.08. The van der Waals surface area contributed by atoms with Crippen molar-refractivity contribution in [3.8, 4) is 5.75 Å². The van der Waals surface area contributed by atoms with E-state index in [1.165, 1.54) is 13.3 Å². The smallest absolute Gasteiger partial charge is 0.124 e. The minimum atomic E-state index is 0.180.